The minimum Gasteiger partial charge on any atom is -0.335 e. The van der Waals surface area contributed by atoms with Gasteiger partial charge in [-0.25, -0.2) is 0 Å². The van der Waals surface area contributed by atoms with Gasteiger partial charge in [0.05, 0.1) is 16.7 Å². The second-order valence-electron chi connectivity index (χ2n) is 3.22. The van der Waals surface area contributed by atoms with Gasteiger partial charge in [-0.05, 0) is 22.0 Å². The molecule has 0 saturated heterocycles. The Balaban J connectivity index is 2.84. The molecule has 0 atom stereocenters. The zero-order valence-corrected chi connectivity index (χ0v) is 10.9. The van der Waals surface area contributed by atoms with Crippen molar-refractivity contribution >= 4 is 39.1 Å². The Kier molecular flexibility index (Phi) is 4.96. The molecule has 98 valence electrons. The zero-order valence-electron chi connectivity index (χ0n) is 9.34. The number of carbonyl (C=O) groups is 2. The Morgan fingerprint density at radius 2 is 2.11 bits per heavy atom. The van der Waals surface area contributed by atoms with Crippen molar-refractivity contribution in [1.29, 1.82) is 5.26 Å². The summed E-state index contributed by atoms with van der Waals surface area (Å²) in [5.41, 5.74) is -0.137. The number of benzene rings is 1. The topological polar surface area (TPSA) is 125 Å². The summed E-state index contributed by atoms with van der Waals surface area (Å²) in [5, 5.41) is 23.1. The summed E-state index contributed by atoms with van der Waals surface area (Å²) in [7, 11) is 0. The first-order valence-electron chi connectivity index (χ1n) is 4.85. The molecule has 19 heavy (non-hydrogen) atoms. The molecule has 0 radical (unpaired) electrons. The van der Waals surface area contributed by atoms with Crippen LogP contribution in [0.25, 0.3) is 0 Å². The Labute approximate surface area is 115 Å². The first kappa shape index (κ1) is 14.6. The van der Waals surface area contributed by atoms with Crippen molar-refractivity contribution in [2.45, 2.75) is 0 Å². The first-order valence-corrected chi connectivity index (χ1v) is 5.65. The normalized spacial score (nSPS) is 9.26. The predicted molar refractivity (Wildman–Crippen MR) is 68.0 cm³/mol. The lowest BCUT2D eigenvalue weighted by Crippen LogP contribution is -2.35. The van der Waals surface area contributed by atoms with Crippen LogP contribution in [0.5, 0.6) is 0 Å². The van der Waals surface area contributed by atoms with Gasteiger partial charge < -0.3 is 10.6 Å². The number of non-ortho nitro benzene ring substituents is 1. The van der Waals surface area contributed by atoms with E-state index in [9.17, 15) is 19.7 Å². The third-order valence-electron chi connectivity index (χ3n) is 1.94. The molecule has 0 heterocycles. The van der Waals surface area contributed by atoms with Crippen LogP contribution < -0.4 is 10.6 Å². The number of amides is 2. The molecular weight excluding hydrogens is 320 g/mol. The average Bonchev–Trinajstić information content (AvgIpc) is 2.38. The summed E-state index contributed by atoms with van der Waals surface area (Å²) in [5.74, 6) is -2.02. The largest absolute Gasteiger partial charge is 0.335 e. The average molecular weight is 327 g/mol. The molecule has 2 amide bonds. The summed E-state index contributed by atoms with van der Waals surface area (Å²) in [6.07, 6.45) is 0. The maximum Gasteiger partial charge on any atom is 0.313 e. The molecule has 0 aliphatic heterocycles. The lowest BCUT2D eigenvalue weighted by Gasteiger charge is -2.06. The van der Waals surface area contributed by atoms with Crippen LogP contribution in [0.3, 0.4) is 0 Å². The molecule has 8 nitrogen and oxygen atoms in total. The van der Waals surface area contributed by atoms with Crippen molar-refractivity contribution < 1.29 is 14.5 Å². The van der Waals surface area contributed by atoms with Gasteiger partial charge in [0, 0.05) is 16.6 Å². The predicted octanol–water partition coefficient (Wildman–Crippen LogP) is 0.936. The molecule has 0 aromatic heterocycles. The molecule has 0 saturated carbocycles. The number of rotatable bonds is 3. The number of hydrogen-bond acceptors (Lipinski definition) is 5. The number of nitro benzene ring substituents is 1. The molecule has 9 heteroatoms. The summed E-state index contributed by atoms with van der Waals surface area (Å²) in [4.78, 5) is 32.6. The van der Waals surface area contributed by atoms with E-state index in [0.29, 0.717) is 4.47 Å². The summed E-state index contributed by atoms with van der Waals surface area (Å²) >= 11 is 3.09. The second-order valence-corrected chi connectivity index (χ2v) is 4.07. The van der Waals surface area contributed by atoms with Crippen LogP contribution in [0, 0.1) is 21.4 Å². The molecule has 1 rings (SSSR count). The van der Waals surface area contributed by atoms with Gasteiger partial charge in [0.2, 0.25) is 0 Å². The zero-order chi connectivity index (χ0) is 14.4. The van der Waals surface area contributed by atoms with E-state index in [-0.39, 0.29) is 17.9 Å². The summed E-state index contributed by atoms with van der Waals surface area (Å²) in [6, 6.07) is 5.37. The van der Waals surface area contributed by atoms with Crippen LogP contribution in [-0.2, 0) is 9.59 Å². The number of carbonyl (C=O) groups excluding carboxylic acids is 2. The van der Waals surface area contributed by atoms with E-state index in [0.717, 1.165) is 6.07 Å². The van der Waals surface area contributed by atoms with Gasteiger partial charge >= 0.3 is 11.8 Å². The molecule has 0 aliphatic rings. The van der Waals surface area contributed by atoms with E-state index in [1.54, 1.807) is 6.07 Å². The lowest BCUT2D eigenvalue weighted by atomic mass is 10.3. The molecule has 1 aromatic carbocycles. The second kappa shape index (κ2) is 6.46. The van der Waals surface area contributed by atoms with E-state index in [2.05, 4.69) is 21.2 Å². The number of nitrogens with zero attached hydrogens (tertiary/aromatic N) is 2. The Morgan fingerprint density at radius 3 is 2.68 bits per heavy atom. The monoisotopic (exact) mass is 326 g/mol. The number of nitro groups is 1. The van der Waals surface area contributed by atoms with Gasteiger partial charge in [0.25, 0.3) is 5.69 Å². The molecule has 0 unspecified atom stereocenters. The minimum atomic E-state index is -1.02. The molecule has 0 aliphatic carbocycles. The number of anilines is 1. The van der Waals surface area contributed by atoms with E-state index < -0.39 is 16.7 Å². The lowest BCUT2D eigenvalue weighted by molar-refractivity contribution is -0.384. The fourth-order valence-corrected chi connectivity index (χ4v) is 1.45. The van der Waals surface area contributed by atoms with Gasteiger partial charge in [-0.15, -0.1) is 0 Å². The Hall–Kier alpha value is -2.47. The van der Waals surface area contributed by atoms with Crippen LogP contribution in [0.4, 0.5) is 11.4 Å². The maximum absolute atomic E-state index is 11.4. The first-order chi connectivity index (χ1) is 8.95. The third kappa shape index (κ3) is 4.04. The van der Waals surface area contributed by atoms with Crippen molar-refractivity contribution in [3.05, 3.63) is 32.8 Å². The Bertz CT molecular complexity index is 581. The van der Waals surface area contributed by atoms with Gasteiger partial charge in [0.15, 0.2) is 0 Å². The van der Waals surface area contributed by atoms with Crippen LogP contribution in [0.15, 0.2) is 22.7 Å². The SMILES string of the molecule is N#CCNC(=O)C(=O)Nc1cc([N+](=O)[O-])ccc1Br. The Morgan fingerprint density at radius 1 is 1.42 bits per heavy atom. The van der Waals surface area contributed by atoms with E-state index in [4.69, 9.17) is 5.26 Å². The van der Waals surface area contributed by atoms with Crippen LogP contribution >= 0.6 is 15.9 Å². The van der Waals surface area contributed by atoms with Gasteiger partial charge in [0.1, 0.15) is 6.54 Å². The van der Waals surface area contributed by atoms with Crippen LogP contribution in [0.2, 0.25) is 0 Å². The van der Waals surface area contributed by atoms with E-state index in [1.165, 1.54) is 12.1 Å². The van der Waals surface area contributed by atoms with Crippen molar-refractivity contribution in [2.75, 3.05) is 11.9 Å². The van der Waals surface area contributed by atoms with Crippen LogP contribution in [-0.4, -0.2) is 23.3 Å². The smallest absolute Gasteiger partial charge is 0.313 e. The number of nitrogens with one attached hydrogen (secondary N) is 2. The van der Waals surface area contributed by atoms with E-state index in [1.807, 2.05) is 5.32 Å². The van der Waals surface area contributed by atoms with Crippen molar-refractivity contribution in [2.24, 2.45) is 0 Å². The summed E-state index contributed by atoms with van der Waals surface area (Å²) in [6.45, 7) is -0.303. The van der Waals surface area contributed by atoms with Gasteiger partial charge in [-0.3, -0.25) is 19.7 Å². The summed E-state index contributed by atoms with van der Waals surface area (Å²) < 4.78 is 0.388. The fourth-order valence-electron chi connectivity index (χ4n) is 1.10. The maximum atomic E-state index is 11.4. The highest BCUT2D eigenvalue weighted by Crippen LogP contribution is 2.26. The van der Waals surface area contributed by atoms with Crippen LogP contribution in [0.1, 0.15) is 0 Å². The van der Waals surface area contributed by atoms with E-state index >= 15 is 0 Å². The molecule has 0 bridgehead atoms. The van der Waals surface area contributed by atoms with Crippen molar-refractivity contribution in [1.82, 2.24) is 5.32 Å². The van der Waals surface area contributed by atoms with Gasteiger partial charge in [-0.2, -0.15) is 5.26 Å². The fraction of sp³-hybridized carbons (Fsp3) is 0.100. The minimum absolute atomic E-state index is 0.0892. The molecule has 1 aromatic rings. The highest BCUT2D eigenvalue weighted by Gasteiger charge is 2.16. The standard InChI is InChI=1S/C10H7BrN4O4/c11-7-2-1-6(15(18)19)5-8(7)14-10(17)9(16)13-4-3-12/h1-2,5H,4H2,(H,13,16)(H,14,17). The third-order valence-corrected chi connectivity index (χ3v) is 2.63. The van der Waals surface area contributed by atoms with Crippen molar-refractivity contribution in [3.8, 4) is 6.07 Å². The highest BCUT2D eigenvalue weighted by atomic mass is 79.9. The molecule has 2 N–H and O–H groups in total. The number of hydrogen-bond donors (Lipinski definition) is 2. The quantitative estimate of drug-likeness (QED) is 0.370. The molecule has 0 fully saturated rings. The van der Waals surface area contributed by atoms with Crippen molar-refractivity contribution in [3.63, 3.8) is 0 Å². The molecule has 0 spiro atoms. The molecular formula is C10H7BrN4O4. The highest BCUT2D eigenvalue weighted by molar-refractivity contribution is 9.10. The number of halogens is 1. The van der Waals surface area contributed by atoms with Gasteiger partial charge in [-0.1, -0.05) is 0 Å². The number of nitriles is 1.